The SMILES string of the molecule is CCN1CCCC2(CN(Cc3ccc(Cl)cc3)CC(F)(F)C2)C1=O. The van der Waals surface area contributed by atoms with E-state index >= 15 is 0 Å². The summed E-state index contributed by atoms with van der Waals surface area (Å²) in [7, 11) is 0. The average molecular weight is 357 g/mol. The molecule has 1 aromatic carbocycles. The van der Waals surface area contributed by atoms with Crippen molar-refractivity contribution in [2.24, 2.45) is 5.41 Å². The number of nitrogens with zero attached hydrogens (tertiary/aromatic N) is 2. The fourth-order valence-corrected chi connectivity index (χ4v) is 4.27. The lowest BCUT2D eigenvalue weighted by atomic mass is 9.71. The summed E-state index contributed by atoms with van der Waals surface area (Å²) >= 11 is 5.88. The van der Waals surface area contributed by atoms with Gasteiger partial charge in [0.2, 0.25) is 5.91 Å². The van der Waals surface area contributed by atoms with E-state index in [1.165, 1.54) is 0 Å². The summed E-state index contributed by atoms with van der Waals surface area (Å²) in [4.78, 5) is 16.3. The number of piperidine rings is 2. The molecule has 0 radical (unpaired) electrons. The molecule has 1 amide bonds. The first-order valence-electron chi connectivity index (χ1n) is 8.48. The quantitative estimate of drug-likeness (QED) is 0.822. The molecule has 3 rings (SSSR count). The van der Waals surface area contributed by atoms with Gasteiger partial charge in [0.15, 0.2) is 0 Å². The molecule has 0 N–H and O–H groups in total. The van der Waals surface area contributed by atoms with E-state index in [9.17, 15) is 13.6 Å². The maximum absolute atomic E-state index is 14.4. The highest BCUT2D eigenvalue weighted by Crippen LogP contribution is 2.45. The summed E-state index contributed by atoms with van der Waals surface area (Å²) in [6, 6.07) is 7.23. The molecular weight excluding hydrogens is 334 g/mol. The highest BCUT2D eigenvalue weighted by molar-refractivity contribution is 6.30. The largest absolute Gasteiger partial charge is 0.342 e. The molecule has 24 heavy (non-hydrogen) atoms. The summed E-state index contributed by atoms with van der Waals surface area (Å²) in [5, 5.41) is 0.625. The molecule has 2 aliphatic heterocycles. The molecule has 2 saturated heterocycles. The Morgan fingerprint density at radius 2 is 1.92 bits per heavy atom. The third kappa shape index (κ3) is 3.57. The van der Waals surface area contributed by atoms with Crippen LogP contribution in [-0.4, -0.2) is 47.8 Å². The number of likely N-dealkylation sites (tertiary alicyclic amines) is 2. The molecule has 0 aliphatic carbocycles. The molecule has 1 spiro atoms. The Labute approximate surface area is 146 Å². The van der Waals surface area contributed by atoms with E-state index in [-0.39, 0.29) is 18.9 Å². The van der Waals surface area contributed by atoms with Crippen LogP contribution in [0.4, 0.5) is 8.78 Å². The van der Waals surface area contributed by atoms with E-state index in [1.54, 1.807) is 21.9 Å². The predicted molar refractivity (Wildman–Crippen MR) is 90.2 cm³/mol. The van der Waals surface area contributed by atoms with Crippen molar-refractivity contribution in [3.63, 3.8) is 0 Å². The number of benzene rings is 1. The van der Waals surface area contributed by atoms with Crippen LogP contribution in [0.3, 0.4) is 0 Å². The first kappa shape index (κ1) is 17.6. The molecule has 132 valence electrons. The second-order valence-corrected chi connectivity index (χ2v) is 7.51. The third-order valence-corrected chi connectivity index (χ3v) is 5.36. The lowest BCUT2D eigenvalue weighted by Crippen LogP contribution is -2.60. The van der Waals surface area contributed by atoms with Crippen molar-refractivity contribution in [3.05, 3.63) is 34.9 Å². The smallest absolute Gasteiger partial charge is 0.261 e. The summed E-state index contributed by atoms with van der Waals surface area (Å²) in [5.41, 5.74) is -0.00883. The second-order valence-electron chi connectivity index (χ2n) is 7.07. The summed E-state index contributed by atoms with van der Waals surface area (Å²) in [6.07, 6.45) is 1.02. The van der Waals surface area contributed by atoms with Crippen LogP contribution in [0.1, 0.15) is 31.7 Å². The van der Waals surface area contributed by atoms with Crippen LogP contribution in [0.5, 0.6) is 0 Å². The van der Waals surface area contributed by atoms with Crippen molar-refractivity contribution in [3.8, 4) is 0 Å². The highest BCUT2D eigenvalue weighted by Gasteiger charge is 2.54. The average Bonchev–Trinajstić information content (AvgIpc) is 2.51. The number of carbonyl (C=O) groups is 1. The van der Waals surface area contributed by atoms with Crippen LogP contribution >= 0.6 is 11.6 Å². The minimum absolute atomic E-state index is 0.100. The topological polar surface area (TPSA) is 23.6 Å². The minimum atomic E-state index is -2.84. The molecule has 2 heterocycles. The van der Waals surface area contributed by atoms with E-state index in [4.69, 9.17) is 11.6 Å². The van der Waals surface area contributed by atoms with E-state index in [0.29, 0.717) is 37.6 Å². The monoisotopic (exact) mass is 356 g/mol. The van der Waals surface area contributed by atoms with Gasteiger partial charge in [0.25, 0.3) is 5.92 Å². The number of hydrogen-bond donors (Lipinski definition) is 0. The lowest BCUT2D eigenvalue weighted by Gasteiger charge is -2.49. The number of halogens is 3. The van der Waals surface area contributed by atoms with Crippen molar-refractivity contribution >= 4 is 17.5 Å². The van der Waals surface area contributed by atoms with Crippen LogP contribution in [0.25, 0.3) is 0 Å². The van der Waals surface area contributed by atoms with Crippen molar-refractivity contribution in [2.45, 2.75) is 38.7 Å². The molecule has 6 heteroatoms. The van der Waals surface area contributed by atoms with E-state index in [1.807, 2.05) is 19.1 Å². The zero-order valence-corrected chi connectivity index (χ0v) is 14.7. The van der Waals surface area contributed by atoms with Gasteiger partial charge in [0.05, 0.1) is 12.0 Å². The van der Waals surface area contributed by atoms with E-state index in [2.05, 4.69) is 0 Å². The summed E-state index contributed by atoms with van der Waals surface area (Å²) < 4.78 is 28.8. The molecule has 0 saturated carbocycles. The Hall–Kier alpha value is -1.20. The zero-order chi connectivity index (χ0) is 17.4. The van der Waals surface area contributed by atoms with Gasteiger partial charge in [-0.2, -0.15) is 0 Å². The molecule has 1 atom stereocenters. The Morgan fingerprint density at radius 1 is 1.21 bits per heavy atom. The van der Waals surface area contributed by atoms with Crippen molar-refractivity contribution in [1.29, 1.82) is 0 Å². The number of alkyl halides is 2. The van der Waals surface area contributed by atoms with Crippen LogP contribution in [-0.2, 0) is 11.3 Å². The predicted octanol–water partition coefficient (Wildman–Crippen LogP) is 3.81. The van der Waals surface area contributed by atoms with Gasteiger partial charge in [-0.1, -0.05) is 23.7 Å². The minimum Gasteiger partial charge on any atom is -0.342 e. The van der Waals surface area contributed by atoms with Gasteiger partial charge < -0.3 is 4.90 Å². The molecular formula is C18H23ClF2N2O. The molecule has 1 unspecified atom stereocenters. The Kier molecular flexibility index (Phi) is 4.85. The first-order chi connectivity index (χ1) is 11.3. The van der Waals surface area contributed by atoms with Gasteiger partial charge in [-0.15, -0.1) is 0 Å². The number of amides is 1. The van der Waals surface area contributed by atoms with Crippen molar-refractivity contribution in [2.75, 3.05) is 26.2 Å². The zero-order valence-electron chi connectivity index (χ0n) is 13.9. The summed E-state index contributed by atoms with van der Waals surface area (Å²) in [6.45, 7) is 3.69. The molecule has 2 fully saturated rings. The van der Waals surface area contributed by atoms with Crippen LogP contribution in [0.2, 0.25) is 5.02 Å². The van der Waals surface area contributed by atoms with Gasteiger partial charge in [-0.25, -0.2) is 8.78 Å². The van der Waals surface area contributed by atoms with E-state index < -0.39 is 11.3 Å². The lowest BCUT2D eigenvalue weighted by molar-refractivity contribution is -0.170. The number of carbonyl (C=O) groups excluding carboxylic acids is 1. The second kappa shape index (κ2) is 6.60. The van der Waals surface area contributed by atoms with Crippen LogP contribution < -0.4 is 0 Å². The maximum Gasteiger partial charge on any atom is 0.261 e. The molecule has 0 bridgehead atoms. The Morgan fingerprint density at radius 3 is 2.58 bits per heavy atom. The molecule has 1 aromatic rings. The normalized spacial score (nSPS) is 27.7. The molecule has 2 aliphatic rings. The van der Waals surface area contributed by atoms with Gasteiger partial charge in [-0.05, 0) is 37.5 Å². The Bertz CT molecular complexity index is 608. The van der Waals surface area contributed by atoms with Crippen molar-refractivity contribution in [1.82, 2.24) is 9.80 Å². The number of hydrogen-bond acceptors (Lipinski definition) is 2. The molecule has 3 nitrogen and oxygen atoms in total. The summed E-state index contributed by atoms with van der Waals surface area (Å²) in [5.74, 6) is -2.94. The molecule has 0 aromatic heterocycles. The van der Waals surface area contributed by atoms with Gasteiger partial charge in [0, 0.05) is 37.6 Å². The van der Waals surface area contributed by atoms with Gasteiger partial charge >= 0.3 is 0 Å². The standard InChI is InChI=1S/C18H23ClF2N2O/c1-2-23-9-3-8-17(16(23)24)11-18(20,21)13-22(12-17)10-14-4-6-15(19)7-5-14/h4-7H,2-3,8-13H2,1H3. The van der Waals surface area contributed by atoms with Crippen LogP contribution in [0.15, 0.2) is 24.3 Å². The van der Waals surface area contributed by atoms with E-state index in [0.717, 1.165) is 12.0 Å². The maximum atomic E-state index is 14.4. The van der Waals surface area contributed by atoms with Gasteiger partial charge in [-0.3, -0.25) is 9.69 Å². The van der Waals surface area contributed by atoms with Crippen molar-refractivity contribution < 1.29 is 13.6 Å². The number of rotatable bonds is 3. The fraction of sp³-hybridized carbons (Fsp3) is 0.611. The highest BCUT2D eigenvalue weighted by atomic mass is 35.5. The third-order valence-electron chi connectivity index (χ3n) is 5.10. The van der Waals surface area contributed by atoms with Gasteiger partial charge in [0.1, 0.15) is 0 Å². The van der Waals surface area contributed by atoms with Crippen LogP contribution in [0, 0.1) is 5.41 Å². The fourth-order valence-electron chi connectivity index (χ4n) is 4.14. The first-order valence-corrected chi connectivity index (χ1v) is 8.85. The Balaban J connectivity index is 1.81.